The third-order valence-electron chi connectivity index (χ3n) is 3.46. The van der Waals surface area contributed by atoms with Crippen molar-refractivity contribution in [3.05, 3.63) is 39.4 Å². The number of carbonyl (C=O) groups is 1. The Morgan fingerprint density at radius 3 is 2.96 bits per heavy atom. The van der Waals surface area contributed by atoms with Crippen molar-refractivity contribution < 1.29 is 9.53 Å². The zero-order valence-corrected chi connectivity index (χ0v) is 15.5. The summed E-state index contributed by atoms with van der Waals surface area (Å²) >= 11 is 3.35. The Morgan fingerprint density at radius 1 is 1.42 bits per heavy atom. The molecule has 0 unspecified atom stereocenters. The van der Waals surface area contributed by atoms with Gasteiger partial charge in [-0.3, -0.25) is 14.2 Å². The van der Waals surface area contributed by atoms with E-state index < -0.39 is 0 Å². The van der Waals surface area contributed by atoms with E-state index in [4.69, 9.17) is 4.74 Å². The molecule has 0 aliphatic rings. The van der Waals surface area contributed by atoms with Crippen LogP contribution in [0.1, 0.15) is 26.7 Å². The highest BCUT2D eigenvalue weighted by Gasteiger charge is 2.07. The summed E-state index contributed by atoms with van der Waals surface area (Å²) in [7, 11) is 0. The summed E-state index contributed by atoms with van der Waals surface area (Å²) < 4.78 is 7.71. The lowest BCUT2D eigenvalue weighted by atomic mass is 10.2. The molecule has 1 heterocycles. The number of carbonyl (C=O) groups excluding carboxylic acids is 1. The first-order valence-corrected chi connectivity index (χ1v) is 8.79. The molecule has 1 N–H and O–H groups in total. The monoisotopic (exact) mass is 395 g/mol. The van der Waals surface area contributed by atoms with Crippen molar-refractivity contribution in [3.8, 4) is 0 Å². The van der Waals surface area contributed by atoms with E-state index in [-0.39, 0.29) is 24.0 Å². The Labute approximate surface area is 149 Å². The first-order chi connectivity index (χ1) is 11.5. The number of amides is 1. The van der Waals surface area contributed by atoms with Crippen LogP contribution >= 0.6 is 15.9 Å². The summed E-state index contributed by atoms with van der Waals surface area (Å²) in [4.78, 5) is 28.5. The zero-order valence-electron chi connectivity index (χ0n) is 13.9. The summed E-state index contributed by atoms with van der Waals surface area (Å²) in [5.74, 6) is -0.0826. The molecule has 130 valence electrons. The minimum atomic E-state index is -0.139. The lowest BCUT2D eigenvalue weighted by Crippen LogP contribution is -2.28. The normalized spacial score (nSPS) is 11.2. The van der Waals surface area contributed by atoms with Crippen molar-refractivity contribution in [1.29, 1.82) is 0 Å². The van der Waals surface area contributed by atoms with E-state index in [1.165, 1.54) is 10.9 Å². The van der Waals surface area contributed by atoms with E-state index in [0.717, 1.165) is 10.9 Å². The molecule has 0 spiro atoms. The Kier molecular flexibility index (Phi) is 6.93. The first kappa shape index (κ1) is 18.6. The number of fused-ring (bicyclic) bond motifs is 1. The van der Waals surface area contributed by atoms with Gasteiger partial charge in [-0.15, -0.1) is 0 Å². The Morgan fingerprint density at radius 2 is 2.21 bits per heavy atom. The number of nitrogens with one attached hydrogen (secondary N) is 1. The maximum Gasteiger partial charge on any atom is 0.261 e. The van der Waals surface area contributed by atoms with Crippen LogP contribution in [0.4, 0.5) is 0 Å². The van der Waals surface area contributed by atoms with Gasteiger partial charge < -0.3 is 10.1 Å². The number of rotatable bonds is 8. The molecule has 0 fully saturated rings. The highest BCUT2D eigenvalue weighted by atomic mass is 79.9. The number of benzene rings is 1. The van der Waals surface area contributed by atoms with E-state index in [1.807, 2.05) is 19.9 Å². The number of aryl methyl sites for hydroxylation is 1. The van der Waals surface area contributed by atoms with E-state index in [2.05, 4.69) is 26.2 Å². The van der Waals surface area contributed by atoms with Crippen molar-refractivity contribution in [2.75, 3.05) is 13.2 Å². The Bertz CT molecular complexity index is 758. The fraction of sp³-hybridized carbons (Fsp3) is 0.471. The van der Waals surface area contributed by atoms with Crippen LogP contribution in [0, 0.1) is 0 Å². The van der Waals surface area contributed by atoms with Gasteiger partial charge in [0.2, 0.25) is 5.91 Å². The van der Waals surface area contributed by atoms with E-state index >= 15 is 0 Å². The average Bonchev–Trinajstić information content (AvgIpc) is 2.54. The van der Waals surface area contributed by atoms with Gasteiger partial charge in [0.15, 0.2) is 0 Å². The lowest BCUT2D eigenvalue weighted by Gasteiger charge is -2.09. The van der Waals surface area contributed by atoms with Gasteiger partial charge in [0.25, 0.3) is 5.56 Å². The SMILES string of the molecule is CC(C)OCCCNC(=O)CCn1cnc2ccc(Br)cc2c1=O. The molecule has 0 atom stereocenters. The van der Waals surface area contributed by atoms with Crippen LogP contribution in [-0.4, -0.2) is 34.7 Å². The van der Waals surface area contributed by atoms with Crippen LogP contribution in [0.25, 0.3) is 10.9 Å². The van der Waals surface area contributed by atoms with Gasteiger partial charge in [-0.05, 0) is 38.5 Å². The highest BCUT2D eigenvalue weighted by Crippen LogP contribution is 2.14. The second kappa shape index (κ2) is 8.94. The molecule has 1 aromatic heterocycles. The second-order valence-electron chi connectivity index (χ2n) is 5.78. The largest absolute Gasteiger partial charge is 0.379 e. The van der Waals surface area contributed by atoms with Crippen molar-refractivity contribution in [2.24, 2.45) is 0 Å². The quantitative estimate of drug-likeness (QED) is 0.696. The van der Waals surface area contributed by atoms with Crippen LogP contribution < -0.4 is 10.9 Å². The topological polar surface area (TPSA) is 73.2 Å². The van der Waals surface area contributed by atoms with Gasteiger partial charge in [-0.2, -0.15) is 0 Å². The molecule has 0 saturated carbocycles. The number of hydrogen-bond acceptors (Lipinski definition) is 4. The van der Waals surface area contributed by atoms with Gasteiger partial charge in [-0.25, -0.2) is 4.98 Å². The molecule has 2 aromatic rings. The van der Waals surface area contributed by atoms with Crippen molar-refractivity contribution >= 4 is 32.7 Å². The summed E-state index contributed by atoms with van der Waals surface area (Å²) in [6.45, 7) is 5.46. The second-order valence-corrected chi connectivity index (χ2v) is 6.69. The molecular formula is C17H22BrN3O3. The zero-order chi connectivity index (χ0) is 17.5. The van der Waals surface area contributed by atoms with E-state index in [0.29, 0.717) is 30.6 Å². The number of hydrogen-bond donors (Lipinski definition) is 1. The molecule has 0 radical (unpaired) electrons. The molecule has 0 aliphatic carbocycles. The minimum Gasteiger partial charge on any atom is -0.379 e. The first-order valence-electron chi connectivity index (χ1n) is 8.00. The summed E-state index contributed by atoms with van der Waals surface area (Å²) in [6, 6.07) is 5.38. The molecule has 0 bridgehead atoms. The molecule has 0 saturated heterocycles. The smallest absolute Gasteiger partial charge is 0.261 e. The number of nitrogens with zero attached hydrogens (tertiary/aromatic N) is 2. The fourth-order valence-electron chi connectivity index (χ4n) is 2.22. The fourth-order valence-corrected chi connectivity index (χ4v) is 2.58. The standard InChI is InChI=1S/C17H22BrN3O3/c1-12(2)24-9-3-7-19-16(22)6-8-21-11-20-15-5-4-13(18)10-14(15)17(21)23/h4-5,10-12H,3,6-9H2,1-2H3,(H,19,22). The molecule has 6 nitrogen and oxygen atoms in total. The summed E-state index contributed by atoms with van der Waals surface area (Å²) in [5, 5.41) is 3.37. The van der Waals surface area contributed by atoms with Gasteiger partial charge in [0.1, 0.15) is 0 Å². The number of aromatic nitrogens is 2. The van der Waals surface area contributed by atoms with Crippen LogP contribution in [0.5, 0.6) is 0 Å². The van der Waals surface area contributed by atoms with Crippen LogP contribution in [0.3, 0.4) is 0 Å². The predicted molar refractivity (Wildman–Crippen MR) is 97.0 cm³/mol. The molecule has 1 aromatic carbocycles. The van der Waals surface area contributed by atoms with E-state index in [9.17, 15) is 9.59 Å². The maximum absolute atomic E-state index is 12.4. The van der Waals surface area contributed by atoms with Crippen molar-refractivity contribution in [1.82, 2.24) is 14.9 Å². The van der Waals surface area contributed by atoms with Crippen LogP contribution in [-0.2, 0) is 16.1 Å². The third kappa shape index (κ3) is 5.42. The van der Waals surface area contributed by atoms with Gasteiger partial charge in [0.05, 0.1) is 23.3 Å². The predicted octanol–water partition coefficient (Wildman–Crippen LogP) is 2.48. The number of halogens is 1. The maximum atomic E-state index is 12.4. The van der Waals surface area contributed by atoms with Gasteiger partial charge >= 0.3 is 0 Å². The number of ether oxygens (including phenoxy) is 1. The Balaban J connectivity index is 1.86. The minimum absolute atomic E-state index is 0.0826. The van der Waals surface area contributed by atoms with Crippen molar-refractivity contribution in [2.45, 2.75) is 39.3 Å². The van der Waals surface area contributed by atoms with Gasteiger partial charge in [-0.1, -0.05) is 15.9 Å². The molecule has 24 heavy (non-hydrogen) atoms. The average molecular weight is 396 g/mol. The third-order valence-corrected chi connectivity index (χ3v) is 3.95. The van der Waals surface area contributed by atoms with E-state index in [1.54, 1.807) is 12.1 Å². The van der Waals surface area contributed by atoms with Gasteiger partial charge in [0, 0.05) is 30.6 Å². The van der Waals surface area contributed by atoms with Crippen molar-refractivity contribution in [3.63, 3.8) is 0 Å². The molecular weight excluding hydrogens is 374 g/mol. The molecule has 0 aliphatic heterocycles. The Hall–Kier alpha value is -1.73. The molecule has 1 amide bonds. The van der Waals surface area contributed by atoms with Crippen LogP contribution in [0.15, 0.2) is 33.8 Å². The summed E-state index contributed by atoms with van der Waals surface area (Å²) in [5.41, 5.74) is 0.508. The highest BCUT2D eigenvalue weighted by molar-refractivity contribution is 9.10. The molecule has 7 heteroatoms. The summed E-state index contributed by atoms with van der Waals surface area (Å²) in [6.07, 6.45) is 2.71. The molecule has 2 rings (SSSR count). The lowest BCUT2D eigenvalue weighted by molar-refractivity contribution is -0.121. The van der Waals surface area contributed by atoms with Crippen LogP contribution in [0.2, 0.25) is 0 Å².